The lowest BCUT2D eigenvalue weighted by atomic mass is 9.96. The van der Waals surface area contributed by atoms with Gasteiger partial charge in [-0.15, -0.1) is 0 Å². The predicted octanol–water partition coefficient (Wildman–Crippen LogP) is 5.50. The summed E-state index contributed by atoms with van der Waals surface area (Å²) in [6.45, 7) is 2.09. The molecule has 2 nitrogen and oxygen atoms in total. The molecule has 1 N–H and O–H groups in total. The molecule has 0 radical (unpaired) electrons. The van der Waals surface area contributed by atoms with Gasteiger partial charge < -0.3 is 5.11 Å². The van der Waals surface area contributed by atoms with Crippen molar-refractivity contribution < 1.29 is 9.90 Å². The van der Waals surface area contributed by atoms with E-state index in [0.29, 0.717) is 22.6 Å². The van der Waals surface area contributed by atoms with Crippen LogP contribution in [0.4, 0.5) is 0 Å². The quantitative estimate of drug-likeness (QED) is 0.564. The van der Waals surface area contributed by atoms with Gasteiger partial charge in [0.25, 0.3) is 0 Å². The van der Waals surface area contributed by atoms with Gasteiger partial charge in [0.2, 0.25) is 0 Å². The summed E-state index contributed by atoms with van der Waals surface area (Å²) in [5.41, 5.74) is 1.98. The van der Waals surface area contributed by atoms with Crippen LogP contribution in [0.15, 0.2) is 54.1 Å². The molecule has 114 valence electrons. The molecular weight excluding hydrogens is 296 g/mol. The molecule has 22 heavy (non-hydrogen) atoms. The topological polar surface area (TPSA) is 37.3 Å². The molecule has 2 rings (SSSR count). The van der Waals surface area contributed by atoms with Crippen LogP contribution in [0.5, 0.6) is 5.75 Å². The van der Waals surface area contributed by atoms with Gasteiger partial charge in [-0.3, -0.25) is 4.79 Å². The maximum absolute atomic E-state index is 12.7. The molecule has 0 amide bonds. The first-order valence-electron chi connectivity index (χ1n) is 7.40. The fourth-order valence-corrected chi connectivity index (χ4v) is 2.34. The summed E-state index contributed by atoms with van der Waals surface area (Å²) >= 11 is 5.89. The maximum Gasteiger partial charge on any atom is 0.192 e. The summed E-state index contributed by atoms with van der Waals surface area (Å²) in [6, 6.07) is 14.0. The predicted molar refractivity (Wildman–Crippen MR) is 91.4 cm³/mol. The fraction of sp³-hybridized carbons (Fsp3) is 0.211. The lowest BCUT2D eigenvalue weighted by Crippen LogP contribution is -2.04. The number of carbonyl (C=O) groups is 1. The van der Waals surface area contributed by atoms with Crippen molar-refractivity contribution in [3.63, 3.8) is 0 Å². The number of aromatic hydroxyl groups is 1. The Labute approximate surface area is 136 Å². The van der Waals surface area contributed by atoms with Crippen molar-refractivity contribution >= 4 is 23.5 Å². The number of allylic oxidation sites excluding steroid dienone is 1. The molecule has 0 aliphatic rings. The van der Waals surface area contributed by atoms with Gasteiger partial charge in [0.05, 0.1) is 5.56 Å². The smallest absolute Gasteiger partial charge is 0.192 e. The third-order valence-electron chi connectivity index (χ3n) is 3.45. The van der Waals surface area contributed by atoms with Crippen LogP contribution in [0.2, 0.25) is 5.02 Å². The minimum atomic E-state index is -0.124. The lowest BCUT2D eigenvalue weighted by molar-refractivity contribution is 0.102. The number of phenolic OH excluding ortho intramolecular Hbond substituents is 1. The van der Waals surface area contributed by atoms with E-state index in [1.807, 2.05) is 18.2 Å². The van der Waals surface area contributed by atoms with E-state index in [9.17, 15) is 9.90 Å². The molecule has 0 aliphatic carbocycles. The Bertz CT molecular complexity index is 672. The second kappa shape index (κ2) is 7.81. The van der Waals surface area contributed by atoms with Crippen molar-refractivity contribution in [1.82, 2.24) is 0 Å². The number of carbonyl (C=O) groups excluding carboxylic acids is 1. The van der Waals surface area contributed by atoms with Crippen molar-refractivity contribution in [3.8, 4) is 5.75 Å². The summed E-state index contributed by atoms with van der Waals surface area (Å²) in [5, 5.41) is 10.6. The Morgan fingerprint density at radius 3 is 2.45 bits per heavy atom. The van der Waals surface area contributed by atoms with Crippen molar-refractivity contribution in [2.75, 3.05) is 0 Å². The average molecular weight is 315 g/mol. The number of hydrogen-bond acceptors (Lipinski definition) is 2. The number of Topliss-reactive ketones (excluding diaryl/α,β-unsaturated/α-hetero) is 1. The molecule has 2 aromatic rings. The Balaban J connectivity index is 2.35. The van der Waals surface area contributed by atoms with Crippen LogP contribution in [0.1, 0.15) is 42.1 Å². The molecule has 0 fully saturated rings. The van der Waals surface area contributed by atoms with Crippen molar-refractivity contribution in [2.45, 2.75) is 26.2 Å². The minimum absolute atomic E-state index is 0.0194. The van der Waals surface area contributed by atoms with E-state index in [1.165, 1.54) is 6.07 Å². The number of unbranched alkanes of at least 4 members (excludes halogenated alkanes) is 1. The molecule has 0 spiro atoms. The summed E-state index contributed by atoms with van der Waals surface area (Å²) in [5.74, 6) is -0.104. The molecular formula is C19H19ClO2. The van der Waals surface area contributed by atoms with Crippen LogP contribution < -0.4 is 0 Å². The van der Waals surface area contributed by atoms with Gasteiger partial charge in [0.15, 0.2) is 5.78 Å². The zero-order chi connectivity index (χ0) is 15.9. The standard InChI is InChI=1S/C19H19ClO2/c1-2-3-6-15(13-14-9-11-16(20)12-10-14)19(22)17-7-4-5-8-18(17)21/h4-5,7-13,21H,2-3,6H2,1H3/b15-13+. The normalized spacial score (nSPS) is 11.5. The molecule has 0 saturated carbocycles. The SMILES string of the molecule is CCCC/C(=C\c1ccc(Cl)cc1)C(=O)c1ccccc1O. The maximum atomic E-state index is 12.7. The van der Waals surface area contributed by atoms with Gasteiger partial charge in [-0.2, -0.15) is 0 Å². The molecule has 0 aromatic heterocycles. The summed E-state index contributed by atoms with van der Waals surface area (Å²) in [6.07, 6.45) is 4.50. The number of ketones is 1. The van der Waals surface area contributed by atoms with Crippen LogP contribution in [-0.4, -0.2) is 10.9 Å². The van der Waals surface area contributed by atoms with Gasteiger partial charge in [-0.25, -0.2) is 0 Å². The van der Waals surface area contributed by atoms with Gasteiger partial charge >= 0.3 is 0 Å². The van der Waals surface area contributed by atoms with Gasteiger partial charge in [-0.05, 0) is 48.7 Å². The molecule has 0 bridgehead atoms. The first kappa shape index (κ1) is 16.3. The number of rotatable bonds is 6. The third kappa shape index (κ3) is 4.22. The number of phenols is 1. The molecule has 2 aromatic carbocycles. The Morgan fingerprint density at radius 1 is 1.14 bits per heavy atom. The van der Waals surface area contributed by atoms with Crippen LogP contribution >= 0.6 is 11.6 Å². The number of benzene rings is 2. The highest BCUT2D eigenvalue weighted by Gasteiger charge is 2.15. The van der Waals surface area contributed by atoms with Crippen LogP contribution in [0.25, 0.3) is 6.08 Å². The number of para-hydroxylation sites is 1. The van der Waals surface area contributed by atoms with E-state index in [2.05, 4.69) is 6.92 Å². The van der Waals surface area contributed by atoms with Crippen molar-refractivity contribution in [2.24, 2.45) is 0 Å². The lowest BCUT2D eigenvalue weighted by Gasteiger charge is -2.08. The van der Waals surface area contributed by atoms with Crippen LogP contribution in [-0.2, 0) is 0 Å². The van der Waals surface area contributed by atoms with Crippen LogP contribution in [0, 0.1) is 0 Å². The Kier molecular flexibility index (Phi) is 5.79. The Morgan fingerprint density at radius 2 is 1.82 bits per heavy atom. The zero-order valence-electron chi connectivity index (χ0n) is 12.6. The Hall–Kier alpha value is -2.06. The van der Waals surface area contributed by atoms with E-state index in [-0.39, 0.29) is 11.5 Å². The highest BCUT2D eigenvalue weighted by Crippen LogP contribution is 2.24. The fourth-order valence-electron chi connectivity index (χ4n) is 2.22. The molecule has 0 unspecified atom stereocenters. The highest BCUT2D eigenvalue weighted by atomic mass is 35.5. The van der Waals surface area contributed by atoms with Gasteiger partial charge in [0.1, 0.15) is 5.75 Å². The minimum Gasteiger partial charge on any atom is -0.507 e. The summed E-state index contributed by atoms with van der Waals surface area (Å²) in [4.78, 5) is 12.7. The van der Waals surface area contributed by atoms with Gasteiger partial charge in [0, 0.05) is 10.6 Å². The number of hydrogen-bond donors (Lipinski definition) is 1. The monoisotopic (exact) mass is 314 g/mol. The second-order valence-electron chi connectivity index (χ2n) is 5.17. The van der Waals surface area contributed by atoms with E-state index in [4.69, 9.17) is 11.6 Å². The van der Waals surface area contributed by atoms with Crippen molar-refractivity contribution in [3.05, 3.63) is 70.3 Å². The number of halogens is 1. The van der Waals surface area contributed by atoms with Crippen LogP contribution in [0.3, 0.4) is 0 Å². The summed E-state index contributed by atoms with van der Waals surface area (Å²) in [7, 11) is 0. The first-order valence-corrected chi connectivity index (χ1v) is 7.78. The van der Waals surface area contributed by atoms with E-state index in [1.54, 1.807) is 30.3 Å². The molecule has 0 aliphatic heterocycles. The van der Waals surface area contributed by atoms with E-state index < -0.39 is 0 Å². The second-order valence-corrected chi connectivity index (χ2v) is 5.61. The molecule has 0 heterocycles. The molecule has 0 atom stereocenters. The first-order chi connectivity index (χ1) is 10.6. The summed E-state index contributed by atoms with van der Waals surface area (Å²) < 4.78 is 0. The molecule has 3 heteroatoms. The zero-order valence-corrected chi connectivity index (χ0v) is 13.3. The van der Waals surface area contributed by atoms with Crippen molar-refractivity contribution in [1.29, 1.82) is 0 Å². The molecule has 0 saturated heterocycles. The van der Waals surface area contributed by atoms with E-state index >= 15 is 0 Å². The highest BCUT2D eigenvalue weighted by molar-refractivity contribution is 6.30. The largest absolute Gasteiger partial charge is 0.507 e. The van der Waals surface area contributed by atoms with E-state index in [0.717, 1.165) is 18.4 Å². The third-order valence-corrected chi connectivity index (χ3v) is 3.70. The van der Waals surface area contributed by atoms with Gasteiger partial charge in [-0.1, -0.05) is 49.2 Å². The average Bonchev–Trinajstić information content (AvgIpc) is 2.53.